The fraction of sp³-hybridized carbons (Fsp3) is 0.571. The van der Waals surface area contributed by atoms with Crippen LogP contribution in [0.15, 0.2) is 18.2 Å². The first kappa shape index (κ1) is 22.7. The van der Waals surface area contributed by atoms with Crippen molar-refractivity contribution in [1.82, 2.24) is 25.8 Å². The Morgan fingerprint density at radius 2 is 1.91 bits per heavy atom. The molecule has 3 heterocycles. The Morgan fingerprint density at radius 3 is 2.59 bits per heavy atom. The number of imide groups is 1. The summed E-state index contributed by atoms with van der Waals surface area (Å²) in [6.45, 7) is 1.75. The summed E-state index contributed by atoms with van der Waals surface area (Å²) in [5, 5.41) is 8.20. The number of carbonyl (C=O) groups is 3. The third kappa shape index (κ3) is 4.64. The van der Waals surface area contributed by atoms with Crippen molar-refractivity contribution >= 4 is 17.7 Å². The summed E-state index contributed by atoms with van der Waals surface area (Å²) in [5.41, 5.74) is 1.76. The lowest BCUT2D eigenvalue weighted by atomic mass is 10.0. The van der Waals surface area contributed by atoms with Gasteiger partial charge in [0, 0.05) is 57.8 Å². The molecule has 3 amide bonds. The molecule has 3 aliphatic heterocycles. The predicted molar refractivity (Wildman–Crippen MR) is 108 cm³/mol. The molecule has 0 bridgehead atoms. The van der Waals surface area contributed by atoms with Crippen molar-refractivity contribution in [3.8, 4) is 0 Å². The fourth-order valence-electron chi connectivity index (χ4n) is 4.63. The summed E-state index contributed by atoms with van der Waals surface area (Å²) < 4.78 is 40.8. The number of halogens is 3. The molecule has 0 saturated carbocycles. The second kappa shape index (κ2) is 9.16. The molecule has 0 aromatic heterocycles. The summed E-state index contributed by atoms with van der Waals surface area (Å²) in [4.78, 5) is 39.6. The Balaban J connectivity index is 1.44. The second-order valence-corrected chi connectivity index (χ2v) is 8.33. The van der Waals surface area contributed by atoms with E-state index in [4.69, 9.17) is 0 Å². The average Bonchev–Trinajstić information content (AvgIpc) is 3.08. The first-order valence-corrected chi connectivity index (χ1v) is 10.7. The first-order valence-electron chi connectivity index (χ1n) is 10.7. The van der Waals surface area contributed by atoms with Crippen LogP contribution in [0.25, 0.3) is 0 Å². The maximum Gasteiger partial charge on any atom is 0.405 e. The van der Waals surface area contributed by atoms with E-state index in [-0.39, 0.29) is 44.3 Å². The quantitative estimate of drug-likeness (QED) is 0.539. The van der Waals surface area contributed by atoms with Gasteiger partial charge in [-0.25, -0.2) is 0 Å². The number of fused-ring (bicyclic) bond motifs is 1. The summed E-state index contributed by atoms with van der Waals surface area (Å²) in [5.74, 6) is -1.18. The molecule has 2 fully saturated rings. The van der Waals surface area contributed by atoms with E-state index in [0.717, 1.165) is 5.56 Å². The third-order valence-corrected chi connectivity index (χ3v) is 6.26. The maximum atomic E-state index is 13.6. The lowest BCUT2D eigenvalue weighted by Crippen LogP contribution is -2.57. The molecule has 2 atom stereocenters. The Bertz CT molecular complexity index is 901. The van der Waals surface area contributed by atoms with Crippen LogP contribution in [0.2, 0.25) is 0 Å². The fourth-order valence-corrected chi connectivity index (χ4v) is 4.63. The lowest BCUT2D eigenvalue weighted by Gasteiger charge is -2.36. The van der Waals surface area contributed by atoms with E-state index in [0.29, 0.717) is 37.3 Å². The van der Waals surface area contributed by atoms with Crippen molar-refractivity contribution in [3.05, 3.63) is 34.9 Å². The molecular weight excluding hydrogens is 427 g/mol. The topological polar surface area (TPSA) is 93.8 Å². The van der Waals surface area contributed by atoms with Crippen LogP contribution in [0.1, 0.15) is 34.3 Å². The largest absolute Gasteiger partial charge is 0.405 e. The van der Waals surface area contributed by atoms with Gasteiger partial charge < -0.3 is 15.5 Å². The van der Waals surface area contributed by atoms with Crippen molar-refractivity contribution < 1.29 is 27.6 Å². The lowest BCUT2D eigenvalue weighted by molar-refractivity contribution is -0.183. The molecule has 4 rings (SSSR count). The van der Waals surface area contributed by atoms with Gasteiger partial charge in [-0.3, -0.25) is 24.6 Å². The van der Waals surface area contributed by atoms with Crippen LogP contribution in [-0.2, 0) is 22.7 Å². The van der Waals surface area contributed by atoms with Gasteiger partial charge in [0.25, 0.3) is 5.91 Å². The molecule has 0 aliphatic carbocycles. The van der Waals surface area contributed by atoms with Crippen LogP contribution in [0, 0.1) is 0 Å². The Kier molecular flexibility index (Phi) is 6.50. The van der Waals surface area contributed by atoms with Gasteiger partial charge in [-0.1, -0.05) is 18.2 Å². The van der Waals surface area contributed by atoms with Gasteiger partial charge in [0.1, 0.15) is 12.1 Å². The van der Waals surface area contributed by atoms with Gasteiger partial charge in [-0.2, -0.15) is 13.2 Å². The zero-order valence-electron chi connectivity index (χ0n) is 17.5. The van der Waals surface area contributed by atoms with Crippen LogP contribution in [0.4, 0.5) is 13.2 Å². The van der Waals surface area contributed by atoms with Crippen molar-refractivity contribution in [3.63, 3.8) is 0 Å². The van der Waals surface area contributed by atoms with E-state index in [1.807, 2.05) is 0 Å². The first-order chi connectivity index (χ1) is 15.3. The van der Waals surface area contributed by atoms with Crippen molar-refractivity contribution in [2.45, 2.75) is 44.2 Å². The molecule has 2 unspecified atom stereocenters. The number of carbonyl (C=O) groups excluding carboxylic acids is 3. The number of benzene rings is 1. The molecule has 2 saturated heterocycles. The normalized spacial score (nSPS) is 23.3. The highest BCUT2D eigenvalue weighted by molar-refractivity contribution is 6.05. The number of alkyl halides is 3. The molecular formula is C21H26F3N5O3. The number of nitrogens with one attached hydrogen (secondary N) is 3. The van der Waals surface area contributed by atoms with Crippen LogP contribution < -0.4 is 16.0 Å². The van der Waals surface area contributed by atoms with Crippen molar-refractivity contribution in [2.24, 2.45) is 0 Å². The number of hydrogen-bond acceptors (Lipinski definition) is 6. The second-order valence-electron chi connectivity index (χ2n) is 8.33. The molecule has 174 valence electrons. The number of hydrogen-bond donors (Lipinski definition) is 3. The van der Waals surface area contributed by atoms with Gasteiger partial charge in [-0.15, -0.1) is 0 Å². The molecule has 8 nitrogen and oxygen atoms in total. The van der Waals surface area contributed by atoms with Crippen molar-refractivity contribution in [2.75, 3.05) is 32.7 Å². The average molecular weight is 453 g/mol. The maximum absolute atomic E-state index is 13.6. The Labute approximate surface area is 183 Å². The van der Waals surface area contributed by atoms with Crippen LogP contribution in [-0.4, -0.2) is 78.5 Å². The molecule has 1 aromatic rings. The monoisotopic (exact) mass is 453 g/mol. The summed E-state index contributed by atoms with van der Waals surface area (Å²) in [6.07, 6.45) is -3.94. The van der Waals surface area contributed by atoms with Gasteiger partial charge in [0.15, 0.2) is 0 Å². The molecule has 3 N–H and O–H groups in total. The molecule has 0 radical (unpaired) electrons. The smallest absolute Gasteiger partial charge is 0.322 e. The zero-order valence-corrected chi connectivity index (χ0v) is 17.5. The number of piperazine rings is 1. The molecule has 1 aromatic carbocycles. The van der Waals surface area contributed by atoms with Gasteiger partial charge in [0.2, 0.25) is 11.8 Å². The molecule has 3 aliphatic rings. The summed E-state index contributed by atoms with van der Waals surface area (Å²) in [7, 11) is 0. The summed E-state index contributed by atoms with van der Waals surface area (Å²) in [6, 6.07) is 2.93. The van der Waals surface area contributed by atoms with Gasteiger partial charge in [0.05, 0.1) is 0 Å². The minimum Gasteiger partial charge on any atom is -0.322 e. The highest BCUT2D eigenvalue weighted by atomic mass is 19.4. The van der Waals surface area contributed by atoms with E-state index in [2.05, 4.69) is 16.0 Å². The number of amides is 3. The third-order valence-electron chi connectivity index (χ3n) is 6.26. The van der Waals surface area contributed by atoms with Crippen LogP contribution >= 0.6 is 0 Å². The number of piperidine rings is 1. The highest BCUT2D eigenvalue weighted by Crippen LogP contribution is 2.30. The highest BCUT2D eigenvalue weighted by Gasteiger charge is 2.44. The van der Waals surface area contributed by atoms with Crippen LogP contribution in [0.5, 0.6) is 0 Å². The van der Waals surface area contributed by atoms with E-state index in [9.17, 15) is 27.6 Å². The van der Waals surface area contributed by atoms with E-state index in [1.165, 1.54) is 9.80 Å². The minimum absolute atomic E-state index is 0.108. The minimum atomic E-state index is -4.36. The van der Waals surface area contributed by atoms with Crippen molar-refractivity contribution in [1.29, 1.82) is 0 Å². The molecule has 0 spiro atoms. The van der Waals surface area contributed by atoms with E-state index < -0.39 is 24.2 Å². The standard InChI is InChI=1S/C21H26F3N5O3/c22-21(23,24)16(28-8-6-25-7-9-28)11-26-10-13-2-1-3-14-12-29(20(32)18(13)14)15-4-5-17(30)27-19(15)31/h1-3,15-16,25-26H,4-12H2,(H,27,30,31). The van der Waals surface area contributed by atoms with Gasteiger partial charge >= 0.3 is 6.18 Å². The number of nitrogens with zero attached hydrogens (tertiary/aromatic N) is 2. The molecule has 11 heteroatoms. The predicted octanol–water partition coefficient (Wildman–Crippen LogP) is 0.373. The number of rotatable bonds is 6. The SMILES string of the molecule is O=C1CCC(N2Cc3cccc(CNCC(N4CCNCC4)C(F)(F)F)c3C2=O)C(=O)N1. The zero-order chi connectivity index (χ0) is 22.9. The Hall–Kier alpha value is -2.50. The Morgan fingerprint density at radius 1 is 1.16 bits per heavy atom. The van der Waals surface area contributed by atoms with Gasteiger partial charge in [-0.05, 0) is 17.5 Å². The van der Waals surface area contributed by atoms with Crippen LogP contribution in [0.3, 0.4) is 0 Å². The summed E-state index contributed by atoms with van der Waals surface area (Å²) >= 11 is 0. The van der Waals surface area contributed by atoms with E-state index in [1.54, 1.807) is 18.2 Å². The van der Waals surface area contributed by atoms with E-state index >= 15 is 0 Å². The molecule has 32 heavy (non-hydrogen) atoms.